The summed E-state index contributed by atoms with van der Waals surface area (Å²) in [5.74, 6) is 0.934. The number of imidazole rings is 1. The van der Waals surface area contributed by atoms with E-state index >= 15 is 0 Å². The Bertz CT molecular complexity index is 898. The third-order valence-electron chi connectivity index (χ3n) is 5.04. The Kier molecular flexibility index (Phi) is 3.46. The third kappa shape index (κ3) is 2.23. The van der Waals surface area contributed by atoms with Gasteiger partial charge in [0.25, 0.3) is 0 Å². The second-order valence-corrected chi connectivity index (χ2v) is 6.36. The smallest absolute Gasteiger partial charge is 0.207 e. The van der Waals surface area contributed by atoms with Crippen LogP contribution in [0.15, 0.2) is 48.7 Å². The second-order valence-electron chi connectivity index (χ2n) is 6.36. The lowest BCUT2D eigenvalue weighted by Gasteiger charge is -2.38. The van der Waals surface area contributed by atoms with E-state index in [0.29, 0.717) is 0 Å². The maximum absolute atomic E-state index is 9.82. The van der Waals surface area contributed by atoms with Crippen molar-refractivity contribution in [3.63, 3.8) is 0 Å². The predicted octanol–water partition coefficient (Wildman–Crippen LogP) is 3.03. The van der Waals surface area contributed by atoms with Crippen molar-refractivity contribution in [3.05, 3.63) is 54.2 Å². The molecule has 3 aromatic rings. The van der Waals surface area contributed by atoms with Crippen LogP contribution in [0.3, 0.4) is 0 Å². The molecule has 3 heterocycles. The fourth-order valence-corrected chi connectivity index (χ4v) is 3.61. The van der Waals surface area contributed by atoms with Crippen LogP contribution in [-0.2, 0) is 12.5 Å². The molecule has 0 bridgehead atoms. The molecule has 0 radical (unpaired) electrons. The molecule has 5 nitrogen and oxygen atoms in total. The zero-order valence-corrected chi connectivity index (χ0v) is 13.7. The standard InChI is InChI=1S/C19H19N5/c1-23-17-16(8-5-11-21-17)22-18(23)24-12-9-19(14-20,10-13-24)15-6-3-2-4-7-15/h2-8,11H,9-10,12-13H2,1H3. The van der Waals surface area contributed by atoms with E-state index < -0.39 is 0 Å². The number of aromatic nitrogens is 3. The molecule has 0 atom stereocenters. The first-order chi connectivity index (χ1) is 11.7. The van der Waals surface area contributed by atoms with E-state index in [2.05, 4.69) is 28.1 Å². The van der Waals surface area contributed by atoms with Gasteiger partial charge in [-0.25, -0.2) is 9.97 Å². The molecule has 1 saturated heterocycles. The number of anilines is 1. The molecule has 0 unspecified atom stereocenters. The molecule has 1 aromatic carbocycles. The molecule has 4 rings (SSSR count). The zero-order valence-electron chi connectivity index (χ0n) is 13.7. The number of pyridine rings is 1. The highest BCUT2D eigenvalue weighted by Crippen LogP contribution is 2.36. The highest BCUT2D eigenvalue weighted by Gasteiger charge is 2.37. The predicted molar refractivity (Wildman–Crippen MR) is 93.7 cm³/mol. The minimum Gasteiger partial charge on any atom is -0.342 e. The van der Waals surface area contributed by atoms with Gasteiger partial charge >= 0.3 is 0 Å². The average molecular weight is 317 g/mol. The Hall–Kier alpha value is -2.87. The van der Waals surface area contributed by atoms with Gasteiger partial charge in [-0.05, 0) is 30.5 Å². The van der Waals surface area contributed by atoms with Crippen LogP contribution in [0.1, 0.15) is 18.4 Å². The van der Waals surface area contributed by atoms with Crippen LogP contribution in [0.2, 0.25) is 0 Å². The number of nitriles is 1. The number of hydrogen-bond donors (Lipinski definition) is 0. The SMILES string of the molecule is Cn1c(N2CCC(C#N)(c3ccccc3)CC2)nc2cccnc21. The summed E-state index contributed by atoms with van der Waals surface area (Å²) in [6, 6.07) is 16.6. The summed E-state index contributed by atoms with van der Waals surface area (Å²) in [4.78, 5) is 11.4. The molecule has 1 fully saturated rings. The van der Waals surface area contributed by atoms with Crippen LogP contribution in [0.4, 0.5) is 5.95 Å². The molecule has 0 spiro atoms. The number of aryl methyl sites for hydroxylation is 1. The number of nitrogens with zero attached hydrogens (tertiary/aromatic N) is 5. The van der Waals surface area contributed by atoms with Crippen molar-refractivity contribution in [2.45, 2.75) is 18.3 Å². The molecule has 1 aliphatic rings. The number of fused-ring (bicyclic) bond motifs is 1. The Labute approximate surface area is 141 Å². The topological polar surface area (TPSA) is 57.7 Å². The lowest BCUT2D eigenvalue weighted by molar-refractivity contribution is 0.411. The summed E-state index contributed by atoms with van der Waals surface area (Å²) >= 11 is 0. The number of hydrogen-bond acceptors (Lipinski definition) is 4. The fraction of sp³-hybridized carbons (Fsp3) is 0.316. The minimum atomic E-state index is -0.388. The molecular weight excluding hydrogens is 298 g/mol. The maximum Gasteiger partial charge on any atom is 0.207 e. The highest BCUT2D eigenvalue weighted by molar-refractivity contribution is 5.74. The summed E-state index contributed by atoms with van der Waals surface area (Å²) in [6.07, 6.45) is 3.41. The minimum absolute atomic E-state index is 0.388. The Morgan fingerprint density at radius 1 is 1.08 bits per heavy atom. The summed E-state index contributed by atoms with van der Waals surface area (Å²) in [5.41, 5.74) is 2.54. The molecule has 2 aromatic heterocycles. The zero-order chi connectivity index (χ0) is 16.6. The number of benzene rings is 1. The molecule has 120 valence electrons. The van der Waals surface area contributed by atoms with Gasteiger partial charge in [0.05, 0.1) is 11.5 Å². The van der Waals surface area contributed by atoms with Crippen LogP contribution in [-0.4, -0.2) is 27.6 Å². The van der Waals surface area contributed by atoms with E-state index in [1.165, 1.54) is 0 Å². The first-order valence-corrected chi connectivity index (χ1v) is 8.23. The summed E-state index contributed by atoms with van der Waals surface area (Å²) in [6.45, 7) is 1.64. The van der Waals surface area contributed by atoms with Gasteiger partial charge in [0.1, 0.15) is 5.52 Å². The average Bonchev–Trinajstić information content (AvgIpc) is 3.00. The largest absolute Gasteiger partial charge is 0.342 e. The fourth-order valence-electron chi connectivity index (χ4n) is 3.61. The number of rotatable bonds is 2. The molecule has 0 N–H and O–H groups in total. The van der Waals surface area contributed by atoms with Crippen molar-refractivity contribution >= 4 is 17.1 Å². The molecular formula is C19H19N5. The summed E-state index contributed by atoms with van der Waals surface area (Å²) in [7, 11) is 2.00. The highest BCUT2D eigenvalue weighted by atomic mass is 15.3. The first kappa shape index (κ1) is 14.7. The molecule has 24 heavy (non-hydrogen) atoms. The van der Waals surface area contributed by atoms with Crippen LogP contribution >= 0.6 is 0 Å². The molecule has 5 heteroatoms. The molecule has 0 amide bonds. The van der Waals surface area contributed by atoms with Gasteiger partial charge in [-0.3, -0.25) is 4.57 Å². The van der Waals surface area contributed by atoms with E-state index in [0.717, 1.165) is 48.6 Å². The van der Waals surface area contributed by atoms with Gasteiger partial charge in [0.15, 0.2) is 5.65 Å². The van der Waals surface area contributed by atoms with Crippen LogP contribution in [0.5, 0.6) is 0 Å². The lowest BCUT2D eigenvalue weighted by atomic mass is 9.74. The van der Waals surface area contributed by atoms with Gasteiger partial charge in [0, 0.05) is 26.3 Å². The van der Waals surface area contributed by atoms with Crippen molar-refractivity contribution in [3.8, 4) is 6.07 Å². The Morgan fingerprint density at radius 3 is 2.50 bits per heavy atom. The van der Waals surface area contributed by atoms with Crippen molar-refractivity contribution < 1.29 is 0 Å². The molecule has 0 aliphatic carbocycles. The Morgan fingerprint density at radius 2 is 1.83 bits per heavy atom. The van der Waals surface area contributed by atoms with Crippen LogP contribution in [0, 0.1) is 11.3 Å². The van der Waals surface area contributed by atoms with E-state index in [4.69, 9.17) is 4.98 Å². The van der Waals surface area contributed by atoms with Gasteiger partial charge in [-0.2, -0.15) is 5.26 Å². The maximum atomic E-state index is 9.82. The summed E-state index contributed by atoms with van der Waals surface area (Å²) in [5, 5.41) is 9.82. The van der Waals surface area contributed by atoms with Crippen molar-refractivity contribution in [2.75, 3.05) is 18.0 Å². The third-order valence-corrected chi connectivity index (χ3v) is 5.04. The van der Waals surface area contributed by atoms with E-state index in [1.807, 2.05) is 41.9 Å². The van der Waals surface area contributed by atoms with E-state index in [9.17, 15) is 5.26 Å². The van der Waals surface area contributed by atoms with Crippen LogP contribution in [0.25, 0.3) is 11.2 Å². The summed E-state index contributed by atoms with van der Waals surface area (Å²) < 4.78 is 2.04. The van der Waals surface area contributed by atoms with Gasteiger partial charge in [-0.1, -0.05) is 30.3 Å². The number of piperidine rings is 1. The first-order valence-electron chi connectivity index (χ1n) is 8.23. The normalized spacial score (nSPS) is 16.9. The van der Waals surface area contributed by atoms with E-state index in [-0.39, 0.29) is 5.41 Å². The second kappa shape index (κ2) is 5.64. The lowest BCUT2D eigenvalue weighted by Crippen LogP contribution is -2.42. The molecule has 1 aliphatic heterocycles. The quantitative estimate of drug-likeness (QED) is 0.729. The van der Waals surface area contributed by atoms with Crippen LogP contribution < -0.4 is 4.90 Å². The van der Waals surface area contributed by atoms with Crippen molar-refractivity contribution in [2.24, 2.45) is 7.05 Å². The van der Waals surface area contributed by atoms with Gasteiger partial charge < -0.3 is 4.90 Å². The van der Waals surface area contributed by atoms with Gasteiger partial charge in [-0.15, -0.1) is 0 Å². The van der Waals surface area contributed by atoms with E-state index in [1.54, 1.807) is 6.20 Å². The monoisotopic (exact) mass is 317 g/mol. The van der Waals surface area contributed by atoms with Gasteiger partial charge in [0.2, 0.25) is 5.95 Å². The Balaban J connectivity index is 1.61. The van der Waals surface area contributed by atoms with Crippen molar-refractivity contribution in [1.82, 2.24) is 14.5 Å². The van der Waals surface area contributed by atoms with Crippen molar-refractivity contribution in [1.29, 1.82) is 5.26 Å². The molecule has 0 saturated carbocycles.